The molecule has 0 atom stereocenters. The first-order chi connectivity index (χ1) is 10.2. The van der Waals surface area contributed by atoms with Crippen LogP contribution in [0.3, 0.4) is 0 Å². The molecule has 0 unspecified atom stereocenters. The summed E-state index contributed by atoms with van der Waals surface area (Å²) in [5, 5.41) is 3.59. The normalized spacial score (nSPS) is 20.7. The Labute approximate surface area is 134 Å². The Morgan fingerprint density at radius 1 is 1.10 bits per heavy atom. The zero-order chi connectivity index (χ0) is 14.8. The topological polar surface area (TPSA) is 21.3 Å². The lowest BCUT2D eigenvalue weighted by atomic mass is 9.75. The predicted octanol–water partition coefficient (Wildman–Crippen LogP) is 5.12. The van der Waals surface area contributed by atoms with Crippen molar-refractivity contribution in [3.8, 4) is 5.75 Å². The van der Waals surface area contributed by atoms with Gasteiger partial charge >= 0.3 is 0 Å². The molecule has 1 aliphatic rings. The number of rotatable bonds is 4. The first kappa shape index (κ1) is 14.5. The molecule has 0 heterocycles. The van der Waals surface area contributed by atoms with Crippen LogP contribution in [0.1, 0.15) is 29.9 Å². The zero-order valence-electron chi connectivity index (χ0n) is 12.4. The summed E-state index contributed by atoms with van der Waals surface area (Å²) in [5.74, 6) is 1.58. The molecule has 0 bridgehead atoms. The maximum Gasteiger partial charge on any atom is 0.142 e. The largest absolute Gasteiger partial charge is 0.495 e. The van der Waals surface area contributed by atoms with Crippen LogP contribution in [0.4, 0.5) is 5.69 Å². The Kier molecular flexibility index (Phi) is 4.20. The Morgan fingerprint density at radius 2 is 1.81 bits per heavy atom. The molecule has 21 heavy (non-hydrogen) atoms. The molecule has 1 N–H and O–H groups in total. The lowest BCUT2D eigenvalue weighted by Crippen LogP contribution is -2.34. The molecule has 3 rings (SSSR count). The molecule has 0 saturated heterocycles. The van der Waals surface area contributed by atoms with Crippen molar-refractivity contribution in [1.82, 2.24) is 0 Å². The third kappa shape index (κ3) is 3.24. The Morgan fingerprint density at radius 3 is 2.48 bits per heavy atom. The van der Waals surface area contributed by atoms with E-state index in [4.69, 9.17) is 4.74 Å². The van der Waals surface area contributed by atoms with Crippen molar-refractivity contribution in [2.75, 3.05) is 12.4 Å². The van der Waals surface area contributed by atoms with Gasteiger partial charge in [0.05, 0.1) is 12.8 Å². The van der Waals surface area contributed by atoms with Gasteiger partial charge in [-0.1, -0.05) is 45.8 Å². The SMILES string of the molecule is COc1ccc(Br)cc1NC1CC(c2ccc(C)cc2)C1. The van der Waals surface area contributed by atoms with Crippen LogP contribution in [0.2, 0.25) is 0 Å². The lowest BCUT2D eigenvalue weighted by Gasteiger charge is -2.37. The third-order valence-corrected chi connectivity index (χ3v) is 4.70. The number of hydrogen-bond donors (Lipinski definition) is 1. The van der Waals surface area contributed by atoms with Gasteiger partial charge in [0.15, 0.2) is 0 Å². The molecule has 0 aromatic heterocycles. The van der Waals surface area contributed by atoms with E-state index in [0.717, 1.165) is 15.9 Å². The molecule has 0 radical (unpaired) electrons. The summed E-state index contributed by atoms with van der Waals surface area (Å²) in [6.45, 7) is 2.13. The second-order valence-electron chi connectivity index (χ2n) is 5.76. The molecule has 1 aliphatic carbocycles. The van der Waals surface area contributed by atoms with E-state index in [1.54, 1.807) is 7.11 Å². The smallest absolute Gasteiger partial charge is 0.142 e. The quantitative estimate of drug-likeness (QED) is 0.829. The van der Waals surface area contributed by atoms with Crippen LogP contribution >= 0.6 is 15.9 Å². The standard InChI is InChI=1S/C18H20BrNO/c1-12-3-5-13(6-4-12)14-9-16(10-14)20-17-11-15(19)7-8-18(17)21-2/h3-8,11,14,16,20H,9-10H2,1-2H3. The van der Waals surface area contributed by atoms with Crippen molar-refractivity contribution in [1.29, 1.82) is 0 Å². The molecular formula is C18H20BrNO. The highest BCUT2D eigenvalue weighted by Crippen LogP contribution is 2.40. The summed E-state index contributed by atoms with van der Waals surface area (Å²) >= 11 is 3.52. The molecule has 2 nitrogen and oxygen atoms in total. The lowest BCUT2D eigenvalue weighted by molar-refractivity contribution is 0.370. The minimum Gasteiger partial charge on any atom is -0.495 e. The monoisotopic (exact) mass is 345 g/mol. The van der Waals surface area contributed by atoms with Gasteiger partial charge in [-0.2, -0.15) is 0 Å². The summed E-state index contributed by atoms with van der Waals surface area (Å²) in [7, 11) is 1.71. The van der Waals surface area contributed by atoms with Gasteiger partial charge in [-0.15, -0.1) is 0 Å². The average Bonchev–Trinajstić information content (AvgIpc) is 2.44. The summed E-state index contributed by atoms with van der Waals surface area (Å²) < 4.78 is 6.48. The molecule has 0 spiro atoms. The van der Waals surface area contributed by atoms with E-state index in [2.05, 4.69) is 58.5 Å². The molecule has 1 fully saturated rings. The van der Waals surface area contributed by atoms with Crippen LogP contribution in [0.25, 0.3) is 0 Å². The second kappa shape index (κ2) is 6.10. The maximum atomic E-state index is 5.41. The summed E-state index contributed by atoms with van der Waals surface area (Å²) in [6.07, 6.45) is 2.36. The van der Waals surface area contributed by atoms with Gasteiger partial charge < -0.3 is 10.1 Å². The van der Waals surface area contributed by atoms with Crippen molar-refractivity contribution in [3.05, 3.63) is 58.1 Å². The van der Waals surface area contributed by atoms with Crippen molar-refractivity contribution in [3.63, 3.8) is 0 Å². The van der Waals surface area contributed by atoms with Gasteiger partial charge in [-0.25, -0.2) is 0 Å². The van der Waals surface area contributed by atoms with E-state index in [-0.39, 0.29) is 0 Å². The van der Waals surface area contributed by atoms with Crippen LogP contribution in [0, 0.1) is 6.92 Å². The van der Waals surface area contributed by atoms with E-state index in [1.807, 2.05) is 12.1 Å². The highest BCUT2D eigenvalue weighted by Gasteiger charge is 2.30. The molecule has 0 amide bonds. The third-order valence-electron chi connectivity index (χ3n) is 4.21. The van der Waals surface area contributed by atoms with Crippen molar-refractivity contribution in [2.45, 2.75) is 31.7 Å². The maximum absolute atomic E-state index is 5.41. The van der Waals surface area contributed by atoms with Crippen LogP contribution in [-0.4, -0.2) is 13.2 Å². The van der Waals surface area contributed by atoms with Crippen molar-refractivity contribution in [2.24, 2.45) is 0 Å². The molecule has 1 saturated carbocycles. The highest BCUT2D eigenvalue weighted by molar-refractivity contribution is 9.10. The van der Waals surface area contributed by atoms with E-state index >= 15 is 0 Å². The van der Waals surface area contributed by atoms with Gasteiger partial charge in [0, 0.05) is 10.5 Å². The van der Waals surface area contributed by atoms with Gasteiger partial charge in [0.1, 0.15) is 5.75 Å². The fourth-order valence-electron chi connectivity index (χ4n) is 2.86. The van der Waals surface area contributed by atoms with Crippen LogP contribution in [-0.2, 0) is 0 Å². The number of nitrogens with one attached hydrogen (secondary N) is 1. The fraction of sp³-hybridized carbons (Fsp3) is 0.333. The number of hydrogen-bond acceptors (Lipinski definition) is 2. The number of benzene rings is 2. The first-order valence-corrected chi connectivity index (χ1v) is 8.11. The number of methoxy groups -OCH3 is 1. The van der Waals surface area contributed by atoms with Crippen molar-refractivity contribution < 1.29 is 4.74 Å². The number of aryl methyl sites for hydroxylation is 1. The van der Waals surface area contributed by atoms with Crippen LogP contribution in [0.5, 0.6) is 5.75 Å². The Hall–Kier alpha value is -1.48. The minimum absolute atomic E-state index is 0.527. The number of ether oxygens (including phenoxy) is 1. The van der Waals surface area contributed by atoms with Gasteiger partial charge in [-0.3, -0.25) is 0 Å². The van der Waals surface area contributed by atoms with Gasteiger partial charge in [0.25, 0.3) is 0 Å². The van der Waals surface area contributed by atoms with E-state index in [0.29, 0.717) is 12.0 Å². The molecule has 110 valence electrons. The van der Waals surface area contributed by atoms with E-state index in [1.165, 1.54) is 24.0 Å². The molecule has 2 aromatic carbocycles. The zero-order valence-corrected chi connectivity index (χ0v) is 14.0. The first-order valence-electron chi connectivity index (χ1n) is 7.32. The molecular weight excluding hydrogens is 326 g/mol. The van der Waals surface area contributed by atoms with Gasteiger partial charge in [-0.05, 0) is 49.4 Å². The molecule has 0 aliphatic heterocycles. The molecule has 2 aromatic rings. The number of anilines is 1. The van der Waals surface area contributed by atoms with Gasteiger partial charge in [0.2, 0.25) is 0 Å². The summed E-state index contributed by atoms with van der Waals surface area (Å²) in [6, 6.07) is 15.5. The summed E-state index contributed by atoms with van der Waals surface area (Å²) in [4.78, 5) is 0. The average molecular weight is 346 g/mol. The highest BCUT2D eigenvalue weighted by atomic mass is 79.9. The Balaban J connectivity index is 1.62. The van der Waals surface area contributed by atoms with Crippen LogP contribution in [0.15, 0.2) is 46.9 Å². The predicted molar refractivity (Wildman–Crippen MR) is 91.3 cm³/mol. The Bertz CT molecular complexity index is 618. The fourth-order valence-corrected chi connectivity index (χ4v) is 3.22. The van der Waals surface area contributed by atoms with E-state index in [9.17, 15) is 0 Å². The number of halogens is 1. The van der Waals surface area contributed by atoms with E-state index < -0.39 is 0 Å². The minimum atomic E-state index is 0.527. The second-order valence-corrected chi connectivity index (χ2v) is 6.68. The van der Waals surface area contributed by atoms with Crippen molar-refractivity contribution >= 4 is 21.6 Å². The summed E-state index contributed by atoms with van der Waals surface area (Å²) in [5.41, 5.74) is 3.85. The molecule has 3 heteroatoms. The van der Waals surface area contributed by atoms with Crippen LogP contribution < -0.4 is 10.1 Å².